The summed E-state index contributed by atoms with van der Waals surface area (Å²) >= 11 is 0. The van der Waals surface area contributed by atoms with E-state index in [1.54, 1.807) is 0 Å². The molecule has 0 aromatic rings. The predicted octanol–water partition coefficient (Wildman–Crippen LogP) is 2.91. The van der Waals surface area contributed by atoms with Gasteiger partial charge < -0.3 is 4.90 Å². The molecule has 0 radical (unpaired) electrons. The van der Waals surface area contributed by atoms with Crippen LogP contribution in [-0.4, -0.2) is 24.0 Å². The smallest absolute Gasteiger partial charge is 0.00388 e. The summed E-state index contributed by atoms with van der Waals surface area (Å²) in [6.07, 6.45) is 7.52. The fraction of sp³-hybridized carbons (Fsp3) is 1.00. The van der Waals surface area contributed by atoms with E-state index >= 15 is 0 Å². The molecule has 1 aliphatic heterocycles. The maximum absolute atomic E-state index is 2.70. The minimum Gasteiger partial charge on any atom is -0.300 e. The zero-order valence-electron chi connectivity index (χ0n) is 9.13. The Labute approximate surface area is 82.5 Å². The average Bonchev–Trinajstić information content (AvgIpc) is 2.26. The monoisotopic (exact) mass is 181 g/mol. The molecule has 0 N–H and O–H groups in total. The van der Waals surface area contributed by atoms with Crippen LogP contribution in [0.25, 0.3) is 0 Å². The van der Waals surface area contributed by atoms with Crippen molar-refractivity contribution in [2.75, 3.05) is 13.1 Å². The summed E-state index contributed by atoms with van der Waals surface area (Å²) in [5.41, 5.74) is 0. The number of hydrogen-bond donors (Lipinski definition) is 0. The van der Waals surface area contributed by atoms with Gasteiger partial charge >= 0.3 is 0 Å². The van der Waals surface area contributed by atoms with Gasteiger partial charge in [-0.05, 0) is 44.9 Å². The van der Waals surface area contributed by atoms with Crippen molar-refractivity contribution in [1.82, 2.24) is 4.90 Å². The molecule has 0 aromatic heterocycles. The van der Waals surface area contributed by atoms with Crippen LogP contribution in [0.5, 0.6) is 0 Å². The van der Waals surface area contributed by atoms with Crippen molar-refractivity contribution in [1.29, 1.82) is 0 Å². The van der Waals surface area contributed by atoms with Gasteiger partial charge in [-0.15, -0.1) is 0 Å². The number of fused-ring (bicyclic) bond motifs is 2. The van der Waals surface area contributed by atoms with Crippen LogP contribution in [-0.2, 0) is 0 Å². The van der Waals surface area contributed by atoms with Crippen molar-refractivity contribution in [3.63, 3.8) is 0 Å². The van der Waals surface area contributed by atoms with E-state index < -0.39 is 0 Å². The lowest BCUT2D eigenvalue weighted by molar-refractivity contribution is 0.0987. The number of nitrogens with zero attached hydrogens (tertiary/aromatic N) is 1. The molecule has 1 nitrogen and oxygen atoms in total. The summed E-state index contributed by atoms with van der Waals surface area (Å²) in [5, 5.41) is 0. The Hall–Kier alpha value is -0.0400. The van der Waals surface area contributed by atoms with Gasteiger partial charge in [0.15, 0.2) is 0 Å². The molecule has 1 heterocycles. The van der Waals surface area contributed by atoms with Gasteiger partial charge in [-0.3, -0.25) is 0 Å². The van der Waals surface area contributed by atoms with E-state index in [0.717, 1.165) is 17.9 Å². The molecule has 0 aromatic carbocycles. The number of likely N-dealkylation sites (tertiary alicyclic amines) is 1. The zero-order chi connectivity index (χ0) is 9.26. The third-order valence-electron chi connectivity index (χ3n) is 3.86. The number of rotatable bonds is 1. The second-order valence-electron chi connectivity index (χ2n) is 5.30. The molecule has 2 unspecified atom stereocenters. The third kappa shape index (κ3) is 2.25. The van der Waals surface area contributed by atoms with E-state index in [9.17, 15) is 0 Å². The van der Waals surface area contributed by atoms with E-state index in [0.29, 0.717) is 0 Å². The van der Waals surface area contributed by atoms with Crippen molar-refractivity contribution in [3.05, 3.63) is 0 Å². The third-order valence-corrected chi connectivity index (χ3v) is 3.86. The lowest BCUT2D eigenvalue weighted by atomic mass is 9.87. The summed E-state index contributed by atoms with van der Waals surface area (Å²) in [6, 6.07) is 0.767. The van der Waals surface area contributed by atoms with E-state index in [4.69, 9.17) is 0 Å². The van der Waals surface area contributed by atoms with Crippen LogP contribution in [0.15, 0.2) is 0 Å². The number of piperidine rings is 1. The normalized spacial score (nSPS) is 36.2. The van der Waals surface area contributed by atoms with Gasteiger partial charge in [0.25, 0.3) is 0 Å². The highest BCUT2D eigenvalue weighted by atomic mass is 15.2. The van der Waals surface area contributed by atoms with Crippen molar-refractivity contribution < 1.29 is 0 Å². The summed E-state index contributed by atoms with van der Waals surface area (Å²) < 4.78 is 0. The molecule has 0 spiro atoms. The van der Waals surface area contributed by atoms with Crippen LogP contribution >= 0.6 is 0 Å². The summed E-state index contributed by atoms with van der Waals surface area (Å²) in [6.45, 7) is 7.46. The first kappa shape index (κ1) is 9.51. The molecule has 1 saturated heterocycles. The summed E-state index contributed by atoms with van der Waals surface area (Å²) in [4.78, 5) is 2.70. The second kappa shape index (κ2) is 4.00. The van der Waals surface area contributed by atoms with Crippen molar-refractivity contribution in [3.8, 4) is 0 Å². The van der Waals surface area contributed by atoms with E-state index in [1.165, 1.54) is 45.2 Å². The Bertz CT molecular complexity index is 151. The minimum atomic E-state index is 0.767. The predicted molar refractivity (Wildman–Crippen MR) is 56.8 cm³/mol. The van der Waals surface area contributed by atoms with Gasteiger partial charge in [0, 0.05) is 19.1 Å². The standard InChI is InChI=1S/C12H23N/c1-10(2)13-8-11-5-3-4-6-12(7-11)9-13/h10-12H,3-9H2,1-2H3. The van der Waals surface area contributed by atoms with Crippen LogP contribution in [0.3, 0.4) is 0 Å². The first-order valence-electron chi connectivity index (χ1n) is 5.99. The lowest BCUT2D eigenvalue weighted by Crippen LogP contribution is -2.43. The maximum atomic E-state index is 2.70. The van der Waals surface area contributed by atoms with Gasteiger partial charge in [-0.2, -0.15) is 0 Å². The van der Waals surface area contributed by atoms with Crippen LogP contribution in [0.2, 0.25) is 0 Å². The quantitative estimate of drug-likeness (QED) is 0.601. The summed E-state index contributed by atoms with van der Waals surface area (Å²) in [7, 11) is 0. The number of hydrogen-bond acceptors (Lipinski definition) is 1. The molecular weight excluding hydrogens is 158 g/mol. The molecule has 0 amide bonds. The molecule has 13 heavy (non-hydrogen) atoms. The Kier molecular flexibility index (Phi) is 2.92. The lowest BCUT2D eigenvalue weighted by Gasteiger charge is -2.38. The summed E-state index contributed by atoms with van der Waals surface area (Å²) in [5.74, 6) is 2.06. The second-order valence-corrected chi connectivity index (χ2v) is 5.30. The van der Waals surface area contributed by atoms with Gasteiger partial charge in [0.1, 0.15) is 0 Å². The Balaban J connectivity index is 1.98. The van der Waals surface area contributed by atoms with Crippen molar-refractivity contribution >= 4 is 0 Å². The highest BCUT2D eigenvalue weighted by Crippen LogP contribution is 2.33. The highest BCUT2D eigenvalue weighted by Gasteiger charge is 2.29. The Morgan fingerprint density at radius 2 is 1.54 bits per heavy atom. The molecule has 2 atom stereocenters. The first-order chi connectivity index (χ1) is 6.25. The van der Waals surface area contributed by atoms with E-state index in [1.807, 2.05) is 0 Å². The van der Waals surface area contributed by atoms with Gasteiger partial charge in [-0.1, -0.05) is 12.8 Å². The van der Waals surface area contributed by atoms with E-state index in [2.05, 4.69) is 18.7 Å². The molecular formula is C12H23N. The fourth-order valence-electron chi connectivity index (χ4n) is 3.06. The topological polar surface area (TPSA) is 3.24 Å². The first-order valence-corrected chi connectivity index (χ1v) is 5.99. The van der Waals surface area contributed by atoms with Crippen LogP contribution in [0.4, 0.5) is 0 Å². The average molecular weight is 181 g/mol. The molecule has 2 fully saturated rings. The van der Waals surface area contributed by atoms with Crippen molar-refractivity contribution in [2.24, 2.45) is 11.8 Å². The van der Waals surface area contributed by atoms with Crippen LogP contribution in [0, 0.1) is 11.8 Å². The Morgan fingerprint density at radius 1 is 1.00 bits per heavy atom. The molecule has 2 rings (SSSR count). The fourth-order valence-corrected chi connectivity index (χ4v) is 3.06. The van der Waals surface area contributed by atoms with Gasteiger partial charge in [0.2, 0.25) is 0 Å². The molecule has 1 aliphatic carbocycles. The maximum Gasteiger partial charge on any atom is 0.00388 e. The molecule has 2 bridgehead atoms. The highest BCUT2D eigenvalue weighted by molar-refractivity contribution is 4.83. The largest absolute Gasteiger partial charge is 0.300 e. The van der Waals surface area contributed by atoms with Crippen LogP contribution in [0.1, 0.15) is 46.0 Å². The minimum absolute atomic E-state index is 0.767. The Morgan fingerprint density at radius 3 is 2.00 bits per heavy atom. The molecule has 1 heteroatoms. The molecule has 1 saturated carbocycles. The van der Waals surface area contributed by atoms with Gasteiger partial charge in [-0.25, -0.2) is 0 Å². The SMILES string of the molecule is CC(C)N1CC2CCCCC(C2)C1. The zero-order valence-corrected chi connectivity index (χ0v) is 9.13. The molecule has 2 aliphatic rings. The van der Waals surface area contributed by atoms with Crippen molar-refractivity contribution in [2.45, 2.75) is 52.0 Å². The van der Waals surface area contributed by atoms with Crippen LogP contribution < -0.4 is 0 Å². The van der Waals surface area contributed by atoms with Gasteiger partial charge in [0.05, 0.1) is 0 Å². The molecule has 76 valence electrons. The van der Waals surface area contributed by atoms with E-state index in [-0.39, 0.29) is 0 Å².